The van der Waals surface area contributed by atoms with E-state index in [4.69, 9.17) is 14.2 Å². The van der Waals surface area contributed by atoms with E-state index in [-0.39, 0.29) is 36.8 Å². The highest BCUT2D eigenvalue weighted by molar-refractivity contribution is 5.93. The zero-order valence-electron chi connectivity index (χ0n) is 29.7. The molecule has 1 aromatic carbocycles. The second kappa shape index (κ2) is 18.3. The van der Waals surface area contributed by atoms with Crippen LogP contribution in [0.4, 0.5) is 13.2 Å². The van der Waals surface area contributed by atoms with Crippen LogP contribution >= 0.6 is 0 Å². The summed E-state index contributed by atoms with van der Waals surface area (Å²) in [6.45, 7) is 17.2. The van der Waals surface area contributed by atoms with Crippen molar-refractivity contribution in [3.05, 3.63) is 81.1 Å². The van der Waals surface area contributed by atoms with Crippen molar-refractivity contribution in [2.24, 2.45) is 9.98 Å². The SMILES string of the molecule is C/C=C(/Cc1cc(C(C)C)c(C(C)(C)O)cc1C)OCC(=O)N/C(C)=C(/NC(=NC/C(C)=C/C=C(\C)C(F)(F)F)/N=C(\C)OC)OC. The van der Waals surface area contributed by atoms with E-state index in [1.54, 1.807) is 34.6 Å². The van der Waals surface area contributed by atoms with Crippen LogP contribution in [0.5, 0.6) is 0 Å². The number of amides is 1. The Morgan fingerprint density at radius 1 is 1.04 bits per heavy atom. The fraction of sp³-hybridized carbons (Fsp3) is 0.514. The van der Waals surface area contributed by atoms with E-state index in [1.807, 2.05) is 26.0 Å². The highest BCUT2D eigenvalue weighted by Crippen LogP contribution is 2.32. The average Bonchev–Trinajstić information content (AvgIpc) is 2.98. The fourth-order valence-corrected chi connectivity index (χ4v) is 4.17. The maximum atomic E-state index is 12.9. The number of methoxy groups -OCH3 is 2. The quantitative estimate of drug-likeness (QED) is 0.0888. The number of carbonyl (C=O) groups excluding carboxylic acids is 1. The van der Waals surface area contributed by atoms with E-state index in [1.165, 1.54) is 20.3 Å². The van der Waals surface area contributed by atoms with E-state index >= 15 is 0 Å². The number of ether oxygens (including phenoxy) is 3. The number of carbonyl (C=O) groups is 1. The summed E-state index contributed by atoms with van der Waals surface area (Å²) >= 11 is 0. The molecule has 1 amide bonds. The second-order valence-electron chi connectivity index (χ2n) is 12.0. The Labute approximate surface area is 277 Å². The molecular formula is C35H51F3N4O5. The van der Waals surface area contributed by atoms with E-state index in [2.05, 4.69) is 40.5 Å². The highest BCUT2D eigenvalue weighted by atomic mass is 19.4. The van der Waals surface area contributed by atoms with Crippen molar-refractivity contribution in [2.75, 3.05) is 27.4 Å². The molecule has 12 heteroatoms. The molecule has 0 saturated carbocycles. The summed E-state index contributed by atoms with van der Waals surface area (Å²) < 4.78 is 54.8. The zero-order valence-corrected chi connectivity index (χ0v) is 29.7. The van der Waals surface area contributed by atoms with Crippen LogP contribution < -0.4 is 10.6 Å². The third kappa shape index (κ3) is 14.1. The van der Waals surface area contributed by atoms with Gasteiger partial charge in [0.1, 0.15) is 0 Å². The lowest BCUT2D eigenvalue weighted by Gasteiger charge is -2.26. The molecule has 262 valence electrons. The molecular weight excluding hydrogens is 613 g/mol. The van der Waals surface area contributed by atoms with Gasteiger partial charge in [-0.2, -0.15) is 18.2 Å². The molecule has 0 aliphatic carbocycles. The van der Waals surface area contributed by atoms with Gasteiger partial charge in [0, 0.05) is 18.9 Å². The number of aliphatic hydroxyl groups is 1. The van der Waals surface area contributed by atoms with Crippen LogP contribution in [0.2, 0.25) is 0 Å². The Hall–Kier alpha value is -4.06. The molecule has 0 unspecified atom stereocenters. The van der Waals surface area contributed by atoms with Crippen LogP contribution in [0.25, 0.3) is 0 Å². The van der Waals surface area contributed by atoms with Crippen LogP contribution in [-0.4, -0.2) is 56.4 Å². The number of aryl methyl sites for hydroxylation is 1. The summed E-state index contributed by atoms with van der Waals surface area (Å²) in [4.78, 5) is 21.4. The summed E-state index contributed by atoms with van der Waals surface area (Å²) in [6, 6.07) is 4.10. The number of halogens is 3. The van der Waals surface area contributed by atoms with Gasteiger partial charge in [-0.1, -0.05) is 43.7 Å². The first-order chi connectivity index (χ1) is 21.7. The Balaban J connectivity index is 3.08. The number of nitrogens with one attached hydrogen (secondary N) is 2. The number of benzene rings is 1. The molecule has 0 aliphatic rings. The van der Waals surface area contributed by atoms with Crippen LogP contribution in [0.3, 0.4) is 0 Å². The molecule has 0 atom stereocenters. The molecule has 1 rings (SSSR count). The topological polar surface area (TPSA) is 114 Å². The summed E-state index contributed by atoms with van der Waals surface area (Å²) in [5.74, 6) is 0.835. The molecule has 0 aromatic heterocycles. The Morgan fingerprint density at radius 3 is 2.19 bits per heavy atom. The molecule has 1 aromatic rings. The maximum Gasteiger partial charge on any atom is 0.412 e. The normalized spacial score (nSPS) is 14.6. The monoisotopic (exact) mass is 664 g/mol. The number of alkyl halides is 3. The van der Waals surface area contributed by atoms with Gasteiger partial charge in [0.05, 0.1) is 37.8 Å². The van der Waals surface area contributed by atoms with Gasteiger partial charge in [-0.15, -0.1) is 0 Å². The predicted molar refractivity (Wildman–Crippen MR) is 181 cm³/mol. The van der Waals surface area contributed by atoms with Crippen molar-refractivity contribution < 1.29 is 37.3 Å². The van der Waals surface area contributed by atoms with Crippen LogP contribution in [0.1, 0.15) is 90.5 Å². The van der Waals surface area contributed by atoms with E-state index in [0.717, 1.165) is 35.3 Å². The van der Waals surface area contributed by atoms with Crippen LogP contribution in [-0.2, 0) is 31.0 Å². The third-order valence-corrected chi connectivity index (χ3v) is 7.06. The van der Waals surface area contributed by atoms with Gasteiger partial charge in [-0.05, 0) is 82.7 Å². The lowest BCUT2D eigenvalue weighted by molar-refractivity contribution is -0.123. The van der Waals surface area contributed by atoms with Gasteiger partial charge in [0.15, 0.2) is 12.5 Å². The number of allylic oxidation sites excluding steroid dienone is 6. The van der Waals surface area contributed by atoms with E-state index in [9.17, 15) is 23.1 Å². The smallest absolute Gasteiger partial charge is 0.412 e. The van der Waals surface area contributed by atoms with Gasteiger partial charge in [0.2, 0.25) is 11.8 Å². The van der Waals surface area contributed by atoms with Gasteiger partial charge in [-0.3, -0.25) is 10.1 Å². The van der Waals surface area contributed by atoms with E-state index in [0.29, 0.717) is 23.5 Å². The molecule has 0 fully saturated rings. The second-order valence-corrected chi connectivity index (χ2v) is 12.0. The number of aliphatic imine (C=N–C) groups is 2. The van der Waals surface area contributed by atoms with E-state index < -0.39 is 23.3 Å². The first-order valence-corrected chi connectivity index (χ1v) is 15.2. The van der Waals surface area contributed by atoms with Crippen molar-refractivity contribution in [1.82, 2.24) is 10.6 Å². The van der Waals surface area contributed by atoms with Crippen molar-refractivity contribution in [1.29, 1.82) is 0 Å². The summed E-state index contributed by atoms with van der Waals surface area (Å²) in [5.41, 5.74) is 3.14. The molecule has 9 nitrogen and oxygen atoms in total. The lowest BCUT2D eigenvalue weighted by atomic mass is 9.84. The Bertz CT molecular complexity index is 1430. The minimum atomic E-state index is -4.41. The molecule has 0 radical (unpaired) electrons. The van der Waals surface area contributed by atoms with Crippen molar-refractivity contribution in [3.8, 4) is 0 Å². The third-order valence-electron chi connectivity index (χ3n) is 7.06. The molecule has 0 aliphatic heterocycles. The highest BCUT2D eigenvalue weighted by Gasteiger charge is 2.29. The Morgan fingerprint density at radius 2 is 1.68 bits per heavy atom. The van der Waals surface area contributed by atoms with Crippen molar-refractivity contribution >= 4 is 17.8 Å². The summed E-state index contributed by atoms with van der Waals surface area (Å²) in [7, 11) is 2.82. The van der Waals surface area contributed by atoms with Gasteiger partial charge in [0.25, 0.3) is 5.91 Å². The molecule has 0 heterocycles. The fourth-order valence-electron chi connectivity index (χ4n) is 4.17. The minimum absolute atomic E-state index is 0.0332. The minimum Gasteiger partial charge on any atom is -0.488 e. The van der Waals surface area contributed by atoms with Gasteiger partial charge in [-0.25, -0.2) is 4.99 Å². The first kappa shape index (κ1) is 41.0. The van der Waals surface area contributed by atoms with Crippen molar-refractivity contribution in [3.63, 3.8) is 0 Å². The lowest BCUT2D eigenvalue weighted by Crippen LogP contribution is -2.32. The average molecular weight is 665 g/mol. The summed E-state index contributed by atoms with van der Waals surface area (Å²) in [5, 5.41) is 16.3. The molecule has 3 N–H and O–H groups in total. The number of guanidine groups is 1. The Kier molecular flexibility index (Phi) is 16.0. The number of nitrogens with zero attached hydrogens (tertiary/aromatic N) is 2. The number of hydrogen-bond acceptors (Lipinski definition) is 6. The maximum absolute atomic E-state index is 12.9. The summed E-state index contributed by atoms with van der Waals surface area (Å²) in [6.07, 6.45) is 0.196. The van der Waals surface area contributed by atoms with Crippen LogP contribution in [0, 0.1) is 6.92 Å². The largest absolute Gasteiger partial charge is 0.488 e. The van der Waals surface area contributed by atoms with Crippen molar-refractivity contribution in [2.45, 2.75) is 93.4 Å². The van der Waals surface area contributed by atoms with Crippen LogP contribution in [0.15, 0.2) is 68.8 Å². The molecule has 0 saturated heterocycles. The van der Waals surface area contributed by atoms with Gasteiger partial charge >= 0.3 is 6.18 Å². The number of hydrogen-bond donors (Lipinski definition) is 3. The molecule has 0 spiro atoms. The standard InChI is InChI=1S/C35H51F3N4O5/c1-13-28(17-27-18-29(21(2)3)30(16-23(27)5)34(9,10)44)47-20-31(43)40-25(7)32(46-12)42-33(41-26(8)45-11)39-19-22(4)14-15-24(6)35(36,37)38/h13-16,18,21,44H,17,19-20H2,1-12H3,(H,39,42)(H,40,43)/b22-14+,24-15+,28-13-,32-25-,41-26+. The van der Waals surface area contributed by atoms with Gasteiger partial charge < -0.3 is 24.6 Å². The molecule has 0 bridgehead atoms. The first-order valence-electron chi connectivity index (χ1n) is 15.2. The zero-order chi connectivity index (χ0) is 36.1. The molecule has 47 heavy (non-hydrogen) atoms. The predicted octanol–water partition coefficient (Wildman–Crippen LogP) is 7.23. The number of rotatable bonds is 13.